The van der Waals surface area contributed by atoms with Crippen LogP contribution in [0.5, 0.6) is 0 Å². The summed E-state index contributed by atoms with van der Waals surface area (Å²) < 4.78 is 0. The van der Waals surface area contributed by atoms with E-state index >= 15 is 0 Å². The van der Waals surface area contributed by atoms with Gasteiger partial charge in [0.25, 0.3) is 0 Å². The highest BCUT2D eigenvalue weighted by atomic mass is 16.3. The zero-order valence-electron chi connectivity index (χ0n) is 8.78. The maximum Gasteiger partial charge on any atom is 0.131 e. The number of para-hydroxylation sites is 1. The van der Waals surface area contributed by atoms with E-state index in [0.29, 0.717) is 11.7 Å². The van der Waals surface area contributed by atoms with Crippen LogP contribution >= 0.6 is 0 Å². The second-order valence-electron chi connectivity index (χ2n) is 4.09. The van der Waals surface area contributed by atoms with Gasteiger partial charge in [-0.25, -0.2) is 0 Å². The minimum atomic E-state index is 0.515. The van der Waals surface area contributed by atoms with Gasteiger partial charge < -0.3 is 5.32 Å². The Balaban J connectivity index is 2.05. The van der Waals surface area contributed by atoms with Crippen LogP contribution in [0, 0.1) is 4.91 Å². The van der Waals surface area contributed by atoms with Crippen molar-refractivity contribution in [2.75, 3.05) is 5.32 Å². The minimum Gasteiger partial charge on any atom is -0.380 e. The van der Waals surface area contributed by atoms with Crippen molar-refractivity contribution in [1.82, 2.24) is 0 Å². The van der Waals surface area contributed by atoms with Gasteiger partial charge in [0, 0.05) is 6.04 Å². The Morgan fingerprint density at radius 1 is 1.13 bits per heavy atom. The Hall–Kier alpha value is -1.38. The van der Waals surface area contributed by atoms with Gasteiger partial charge in [-0.2, -0.15) is 0 Å². The molecule has 80 valence electrons. The number of anilines is 1. The highest BCUT2D eigenvalue weighted by molar-refractivity contribution is 5.65. The molecule has 15 heavy (non-hydrogen) atoms. The Morgan fingerprint density at radius 3 is 2.60 bits per heavy atom. The fourth-order valence-corrected chi connectivity index (χ4v) is 2.14. The van der Waals surface area contributed by atoms with Gasteiger partial charge in [0.15, 0.2) is 0 Å². The maximum absolute atomic E-state index is 10.6. The van der Waals surface area contributed by atoms with Gasteiger partial charge in [-0.05, 0) is 30.2 Å². The predicted octanol–water partition coefficient (Wildman–Crippen LogP) is 3.83. The summed E-state index contributed by atoms with van der Waals surface area (Å²) in [7, 11) is 0. The molecule has 0 heterocycles. The highest BCUT2D eigenvalue weighted by Gasteiger charge is 2.14. The first-order valence-corrected chi connectivity index (χ1v) is 5.59. The monoisotopic (exact) mass is 204 g/mol. The van der Waals surface area contributed by atoms with Crippen LogP contribution in [0.2, 0.25) is 0 Å². The normalized spacial score (nSPS) is 17.3. The molecule has 1 N–H and O–H groups in total. The number of nitroso groups, excluding NO2 is 1. The fourth-order valence-electron chi connectivity index (χ4n) is 2.14. The van der Waals surface area contributed by atoms with E-state index < -0.39 is 0 Å². The lowest BCUT2D eigenvalue weighted by molar-refractivity contribution is 0.463. The first kappa shape index (κ1) is 10.1. The Morgan fingerprint density at radius 2 is 1.87 bits per heavy atom. The molecule has 0 unspecified atom stereocenters. The van der Waals surface area contributed by atoms with Crippen molar-refractivity contribution in [3.05, 3.63) is 29.2 Å². The number of benzene rings is 1. The van der Waals surface area contributed by atoms with Crippen LogP contribution in [0.3, 0.4) is 0 Å². The van der Waals surface area contributed by atoms with Crippen molar-refractivity contribution < 1.29 is 0 Å². The van der Waals surface area contributed by atoms with E-state index in [9.17, 15) is 4.91 Å². The molecule has 0 aliphatic heterocycles. The van der Waals surface area contributed by atoms with Gasteiger partial charge in [0.1, 0.15) is 5.69 Å². The number of nitrogens with zero attached hydrogens (tertiary/aromatic N) is 1. The highest BCUT2D eigenvalue weighted by Crippen LogP contribution is 2.28. The molecule has 0 amide bonds. The van der Waals surface area contributed by atoms with Crippen molar-refractivity contribution >= 4 is 11.4 Å². The Labute approximate surface area is 89.9 Å². The molecule has 1 aliphatic carbocycles. The SMILES string of the molecule is O=Nc1ccccc1NC1CCCCC1. The van der Waals surface area contributed by atoms with Gasteiger partial charge in [-0.15, -0.1) is 4.91 Å². The average Bonchev–Trinajstić information content (AvgIpc) is 2.31. The van der Waals surface area contributed by atoms with Crippen LogP contribution in [0.1, 0.15) is 32.1 Å². The van der Waals surface area contributed by atoms with E-state index in [-0.39, 0.29) is 0 Å². The van der Waals surface area contributed by atoms with Gasteiger partial charge in [-0.3, -0.25) is 0 Å². The summed E-state index contributed by atoms with van der Waals surface area (Å²) >= 11 is 0. The molecule has 0 aromatic heterocycles. The van der Waals surface area contributed by atoms with E-state index in [4.69, 9.17) is 0 Å². The Bertz CT molecular complexity index is 332. The smallest absolute Gasteiger partial charge is 0.131 e. The van der Waals surface area contributed by atoms with Crippen LogP contribution in [0.15, 0.2) is 29.4 Å². The van der Waals surface area contributed by atoms with E-state index in [1.165, 1.54) is 32.1 Å². The molecule has 3 heteroatoms. The topological polar surface area (TPSA) is 41.5 Å². The van der Waals surface area contributed by atoms with Gasteiger partial charge in [0.2, 0.25) is 0 Å². The first-order valence-electron chi connectivity index (χ1n) is 5.59. The molecule has 0 bridgehead atoms. The third kappa shape index (κ3) is 2.55. The van der Waals surface area contributed by atoms with Crippen molar-refractivity contribution in [3.63, 3.8) is 0 Å². The van der Waals surface area contributed by atoms with Crippen LogP contribution < -0.4 is 5.32 Å². The minimum absolute atomic E-state index is 0.515. The largest absolute Gasteiger partial charge is 0.380 e. The lowest BCUT2D eigenvalue weighted by Crippen LogP contribution is -2.22. The summed E-state index contributed by atoms with van der Waals surface area (Å²) in [6.45, 7) is 0. The lowest BCUT2D eigenvalue weighted by atomic mass is 9.95. The van der Waals surface area contributed by atoms with Crippen molar-refractivity contribution in [2.24, 2.45) is 5.18 Å². The summed E-state index contributed by atoms with van der Waals surface area (Å²) in [5.41, 5.74) is 1.39. The molecule has 1 fully saturated rings. The van der Waals surface area contributed by atoms with Crippen molar-refractivity contribution in [3.8, 4) is 0 Å². The molecule has 2 rings (SSSR count). The van der Waals surface area contributed by atoms with Crippen molar-refractivity contribution in [2.45, 2.75) is 38.1 Å². The van der Waals surface area contributed by atoms with Gasteiger partial charge >= 0.3 is 0 Å². The van der Waals surface area contributed by atoms with Gasteiger partial charge in [0.05, 0.1) is 5.69 Å². The van der Waals surface area contributed by atoms with E-state index in [0.717, 1.165) is 5.69 Å². The molecular weight excluding hydrogens is 188 g/mol. The zero-order valence-corrected chi connectivity index (χ0v) is 8.78. The molecule has 0 saturated heterocycles. The standard InChI is InChI=1S/C12H16N2O/c15-14-12-9-5-4-8-11(12)13-10-6-2-1-3-7-10/h4-5,8-10,13H,1-3,6-7H2. The number of hydrogen-bond acceptors (Lipinski definition) is 3. The second-order valence-corrected chi connectivity index (χ2v) is 4.09. The van der Waals surface area contributed by atoms with E-state index in [2.05, 4.69) is 10.5 Å². The molecule has 1 aromatic carbocycles. The first-order chi connectivity index (χ1) is 7.40. The molecule has 0 atom stereocenters. The van der Waals surface area contributed by atoms with Crippen LogP contribution in [0.4, 0.5) is 11.4 Å². The van der Waals surface area contributed by atoms with Crippen LogP contribution in [-0.4, -0.2) is 6.04 Å². The molecule has 1 aliphatic rings. The molecule has 0 spiro atoms. The molecule has 3 nitrogen and oxygen atoms in total. The number of rotatable bonds is 3. The average molecular weight is 204 g/mol. The number of nitrogens with one attached hydrogen (secondary N) is 1. The predicted molar refractivity (Wildman–Crippen MR) is 62.4 cm³/mol. The quantitative estimate of drug-likeness (QED) is 0.760. The summed E-state index contributed by atoms with van der Waals surface area (Å²) in [6.07, 6.45) is 6.31. The number of hydrogen-bond donors (Lipinski definition) is 1. The fraction of sp³-hybridized carbons (Fsp3) is 0.500. The molecule has 0 radical (unpaired) electrons. The van der Waals surface area contributed by atoms with Crippen LogP contribution in [0.25, 0.3) is 0 Å². The summed E-state index contributed by atoms with van der Waals surface area (Å²) in [4.78, 5) is 10.6. The second kappa shape index (κ2) is 4.91. The summed E-state index contributed by atoms with van der Waals surface area (Å²) in [6, 6.07) is 7.95. The molecule has 1 saturated carbocycles. The van der Waals surface area contributed by atoms with Crippen molar-refractivity contribution in [1.29, 1.82) is 0 Å². The lowest BCUT2D eigenvalue weighted by Gasteiger charge is -2.24. The van der Waals surface area contributed by atoms with E-state index in [1.54, 1.807) is 6.07 Å². The Kier molecular flexibility index (Phi) is 3.33. The van der Waals surface area contributed by atoms with Gasteiger partial charge in [-0.1, -0.05) is 31.4 Å². The zero-order chi connectivity index (χ0) is 10.5. The van der Waals surface area contributed by atoms with Crippen LogP contribution in [-0.2, 0) is 0 Å². The molecular formula is C12H16N2O. The summed E-state index contributed by atoms with van der Waals surface area (Å²) in [5.74, 6) is 0. The molecule has 1 aromatic rings. The third-order valence-electron chi connectivity index (χ3n) is 2.97. The maximum atomic E-state index is 10.6. The third-order valence-corrected chi connectivity index (χ3v) is 2.97. The van der Waals surface area contributed by atoms with E-state index in [1.807, 2.05) is 18.2 Å². The summed E-state index contributed by atoms with van der Waals surface area (Å²) in [5, 5.41) is 6.43.